The third-order valence-electron chi connectivity index (χ3n) is 4.34. The number of hydrogen-bond donors (Lipinski definition) is 2. The van der Waals surface area contributed by atoms with Gasteiger partial charge in [0.2, 0.25) is 11.4 Å². The Balaban J connectivity index is 0.000000479. The fourth-order valence-electron chi connectivity index (χ4n) is 2.85. The van der Waals surface area contributed by atoms with Crippen LogP contribution >= 0.6 is 7.81 Å². The van der Waals surface area contributed by atoms with E-state index in [1.165, 1.54) is 11.1 Å². The first-order chi connectivity index (χ1) is 15.1. The number of benzene rings is 3. The van der Waals surface area contributed by atoms with Gasteiger partial charge in [-0.15, -0.1) is 0 Å². The molecule has 3 rings (SSSR count). The van der Waals surface area contributed by atoms with Gasteiger partial charge >= 0.3 is 33.0 Å². The summed E-state index contributed by atoms with van der Waals surface area (Å²) >= 11 is 0. The molecule has 0 saturated carbocycles. The van der Waals surface area contributed by atoms with Crippen molar-refractivity contribution in [2.24, 2.45) is 0 Å². The monoisotopic (exact) mass is 486 g/mol. The topological polar surface area (TPSA) is 26.0 Å². The van der Waals surface area contributed by atoms with Crippen LogP contribution in [0.25, 0.3) is 0 Å². The van der Waals surface area contributed by atoms with E-state index in [1.807, 2.05) is 6.07 Å². The van der Waals surface area contributed by atoms with Crippen LogP contribution in [-0.2, 0) is 0 Å². The van der Waals surface area contributed by atoms with Crippen LogP contribution in [0, 0.1) is 13.8 Å². The zero-order chi connectivity index (χ0) is 24.8. The molecule has 178 valence electrons. The summed E-state index contributed by atoms with van der Waals surface area (Å²) in [5, 5.41) is 3.51. The van der Waals surface area contributed by atoms with Crippen LogP contribution < -0.4 is 10.3 Å². The molecule has 3 aromatic rings. The molecular weight excluding hydrogens is 461 g/mol. The van der Waals surface area contributed by atoms with Crippen LogP contribution in [0.5, 0.6) is 0 Å². The predicted molar refractivity (Wildman–Crippen MR) is 124 cm³/mol. The number of rotatable bonds is 5. The summed E-state index contributed by atoms with van der Waals surface area (Å²) < 4.78 is 59.2. The minimum absolute atomic E-state index is 1.07. The summed E-state index contributed by atoms with van der Waals surface area (Å²) in [4.78, 5) is 3.60. The van der Waals surface area contributed by atoms with Crippen LogP contribution in [0.4, 0.5) is 36.6 Å². The van der Waals surface area contributed by atoms with Crippen LogP contribution in [0.2, 0.25) is 0 Å². The van der Waals surface area contributed by atoms with Gasteiger partial charge in [0, 0.05) is 34.7 Å². The Hall–Kier alpha value is -3.12. The van der Waals surface area contributed by atoms with Gasteiger partial charge in [0.15, 0.2) is 0 Å². The Bertz CT molecular complexity index is 1140. The molecule has 0 spiro atoms. The van der Waals surface area contributed by atoms with Gasteiger partial charge in [-0.25, -0.2) is 4.99 Å². The summed E-state index contributed by atoms with van der Waals surface area (Å²) in [5.74, 6) is 0. The summed E-state index contributed by atoms with van der Waals surface area (Å²) in [6.07, 6.45) is 2.16. The normalized spacial score (nSPS) is 14.5. The molecule has 0 aliphatic carbocycles. The predicted octanol–water partition coefficient (Wildman–Crippen LogP) is 7.90. The molecule has 33 heavy (non-hydrogen) atoms. The first kappa shape index (κ1) is 26.1. The fourth-order valence-corrected chi connectivity index (χ4v) is 2.85. The van der Waals surface area contributed by atoms with Crippen LogP contribution in [-0.4, -0.2) is 5.71 Å². The van der Waals surface area contributed by atoms with Crippen molar-refractivity contribution in [3.8, 4) is 0 Å². The average Bonchev–Trinajstić information content (AvgIpc) is 2.69. The summed E-state index contributed by atoms with van der Waals surface area (Å²) in [6.45, 7) is 6.32. The fraction of sp³-hybridized carbons (Fsp3) is 0.125. The molecule has 0 aliphatic heterocycles. The van der Waals surface area contributed by atoms with Crippen molar-refractivity contribution < 1.29 is 30.2 Å². The molecule has 0 bridgehead atoms. The van der Waals surface area contributed by atoms with E-state index < -0.39 is 7.81 Å². The number of hydrogen-bond acceptors (Lipinski definition) is 1. The molecule has 0 radical (unpaired) electrons. The van der Waals surface area contributed by atoms with Crippen LogP contribution in [0.1, 0.15) is 23.6 Å². The summed E-state index contributed by atoms with van der Waals surface area (Å²) in [7, 11) is -10.7. The van der Waals surface area contributed by atoms with Gasteiger partial charge in [0.05, 0.1) is 0 Å². The SMILES string of the molecule is C/C(=C\C(=[NH+]c1ccccc1C)c1ccccc1)Nc1ccccc1C.F[P-](F)(F)(F)(F)F. The van der Waals surface area contributed by atoms with E-state index in [2.05, 4.69) is 110 Å². The summed E-state index contributed by atoms with van der Waals surface area (Å²) in [5.41, 5.74) is 8.00. The number of halogens is 6. The van der Waals surface area contributed by atoms with Crippen LogP contribution in [0.3, 0.4) is 0 Å². The number of nitrogens with one attached hydrogen (secondary N) is 2. The number of para-hydroxylation sites is 2. The maximum absolute atomic E-state index is 10.7. The molecule has 0 heterocycles. The van der Waals surface area contributed by atoms with E-state index in [4.69, 9.17) is 0 Å². The first-order valence-corrected chi connectivity index (χ1v) is 11.9. The van der Waals surface area contributed by atoms with E-state index in [9.17, 15) is 25.2 Å². The Morgan fingerprint density at radius 3 is 1.76 bits per heavy atom. The van der Waals surface area contributed by atoms with Gasteiger partial charge in [0.1, 0.15) is 0 Å². The number of allylic oxidation sites excluding steroid dienone is 2. The van der Waals surface area contributed by atoms with Crippen molar-refractivity contribution >= 4 is 24.9 Å². The Morgan fingerprint density at radius 1 is 0.727 bits per heavy atom. The van der Waals surface area contributed by atoms with E-state index in [0.717, 1.165) is 28.3 Å². The van der Waals surface area contributed by atoms with E-state index in [0.29, 0.717) is 0 Å². The molecular formula is C24H25F6N2P. The molecule has 2 N–H and O–H groups in total. The van der Waals surface area contributed by atoms with Crippen LogP contribution in [0.15, 0.2) is 90.6 Å². The Morgan fingerprint density at radius 2 is 1.21 bits per heavy atom. The van der Waals surface area contributed by atoms with Crippen molar-refractivity contribution in [1.82, 2.24) is 0 Å². The van der Waals surface area contributed by atoms with E-state index in [-0.39, 0.29) is 0 Å². The number of aryl methyl sites for hydroxylation is 2. The standard InChI is InChI=1S/C24H24N2.F6P/c1-18-11-7-9-15-22(18)25-20(3)17-24(21-13-5-4-6-14-21)26-23-16-10-8-12-19(23)2;1-7(2,3,4,5)6/h4-17,25H,1-3H3;/q;-1/p+1/b20-17+,26-24?;. The molecule has 9 heteroatoms. The maximum atomic E-state index is 9.87. The van der Waals surface area contributed by atoms with Gasteiger partial charge in [-0.3, -0.25) is 0 Å². The second-order valence-corrected chi connectivity index (χ2v) is 9.36. The van der Waals surface area contributed by atoms with Crippen molar-refractivity contribution in [3.63, 3.8) is 0 Å². The molecule has 2 nitrogen and oxygen atoms in total. The zero-order valence-electron chi connectivity index (χ0n) is 18.3. The zero-order valence-corrected chi connectivity index (χ0v) is 19.2. The molecule has 0 amide bonds. The Kier molecular flexibility index (Phi) is 7.44. The Labute approximate surface area is 188 Å². The van der Waals surface area contributed by atoms with Crippen molar-refractivity contribution in [2.75, 3.05) is 5.32 Å². The molecule has 0 fully saturated rings. The minimum atomic E-state index is -10.7. The molecule has 0 atom stereocenters. The second-order valence-electron chi connectivity index (χ2n) is 7.45. The molecule has 0 aliphatic rings. The molecule has 0 saturated heterocycles. The van der Waals surface area contributed by atoms with Crippen molar-refractivity contribution in [1.29, 1.82) is 0 Å². The van der Waals surface area contributed by atoms with Gasteiger partial charge in [-0.2, -0.15) is 0 Å². The molecule has 3 aromatic carbocycles. The third kappa shape index (κ3) is 11.3. The molecule has 0 unspecified atom stereocenters. The quantitative estimate of drug-likeness (QED) is 0.214. The van der Waals surface area contributed by atoms with Crippen molar-refractivity contribution in [2.45, 2.75) is 20.8 Å². The van der Waals surface area contributed by atoms with Gasteiger partial charge < -0.3 is 5.32 Å². The first-order valence-electron chi connectivity index (χ1n) is 9.91. The van der Waals surface area contributed by atoms with Gasteiger partial charge in [-0.05, 0) is 44.5 Å². The van der Waals surface area contributed by atoms with Gasteiger partial charge in [0.25, 0.3) is 0 Å². The number of anilines is 1. The molecule has 0 aromatic heterocycles. The van der Waals surface area contributed by atoms with E-state index >= 15 is 0 Å². The van der Waals surface area contributed by atoms with Gasteiger partial charge in [-0.1, -0.05) is 54.6 Å². The third-order valence-corrected chi connectivity index (χ3v) is 4.34. The van der Waals surface area contributed by atoms with E-state index in [1.54, 1.807) is 0 Å². The van der Waals surface area contributed by atoms with Crippen molar-refractivity contribution in [3.05, 3.63) is 107 Å². The second kappa shape index (κ2) is 9.40. The average molecular weight is 486 g/mol. The summed E-state index contributed by atoms with van der Waals surface area (Å²) in [6, 6.07) is 27.1.